The SMILES string of the molecule is Cc1ccc2nc(N(CCCn3ccnc3)C(=O)C3(c4ccc(Cl)cc4)CCCC3)sc2c1.Cl. The van der Waals surface area contributed by atoms with Crippen molar-refractivity contribution in [3.8, 4) is 0 Å². The van der Waals surface area contributed by atoms with Gasteiger partial charge in [-0.05, 0) is 61.6 Å². The molecule has 0 unspecified atom stereocenters. The van der Waals surface area contributed by atoms with Gasteiger partial charge in [0.25, 0.3) is 0 Å². The van der Waals surface area contributed by atoms with Crippen molar-refractivity contribution in [3.05, 3.63) is 77.3 Å². The number of carbonyl (C=O) groups is 1. The summed E-state index contributed by atoms with van der Waals surface area (Å²) in [5, 5.41) is 1.48. The fourth-order valence-electron chi connectivity index (χ4n) is 4.88. The van der Waals surface area contributed by atoms with Crippen molar-refractivity contribution in [2.45, 2.75) is 51.0 Å². The van der Waals surface area contributed by atoms with E-state index < -0.39 is 5.41 Å². The van der Waals surface area contributed by atoms with E-state index in [0.717, 1.165) is 59.6 Å². The van der Waals surface area contributed by atoms with Crippen LogP contribution in [0.1, 0.15) is 43.2 Å². The van der Waals surface area contributed by atoms with Crippen molar-refractivity contribution in [3.63, 3.8) is 0 Å². The molecule has 178 valence electrons. The molecule has 4 aromatic rings. The van der Waals surface area contributed by atoms with E-state index in [2.05, 4.69) is 28.6 Å². The second kappa shape index (κ2) is 10.5. The fourth-order valence-corrected chi connectivity index (χ4v) is 6.10. The number of rotatable bonds is 7. The monoisotopic (exact) mass is 514 g/mol. The minimum atomic E-state index is -0.520. The number of amides is 1. The summed E-state index contributed by atoms with van der Waals surface area (Å²) < 4.78 is 3.17. The highest BCUT2D eigenvalue weighted by atomic mass is 35.5. The first-order chi connectivity index (χ1) is 16.0. The molecule has 2 aromatic carbocycles. The second-order valence-electron chi connectivity index (χ2n) is 8.87. The topological polar surface area (TPSA) is 51.0 Å². The van der Waals surface area contributed by atoms with Gasteiger partial charge in [0.15, 0.2) is 5.13 Å². The van der Waals surface area contributed by atoms with E-state index in [1.54, 1.807) is 17.5 Å². The number of hydrogen-bond acceptors (Lipinski definition) is 4. The van der Waals surface area contributed by atoms with Crippen molar-refractivity contribution in [1.29, 1.82) is 0 Å². The Kier molecular flexibility index (Phi) is 7.60. The van der Waals surface area contributed by atoms with Crippen LogP contribution in [0.4, 0.5) is 5.13 Å². The molecule has 5 rings (SSSR count). The molecule has 0 saturated heterocycles. The lowest BCUT2D eigenvalue weighted by Crippen LogP contribution is -2.46. The summed E-state index contributed by atoms with van der Waals surface area (Å²) in [5.41, 5.74) is 2.68. The van der Waals surface area contributed by atoms with Crippen LogP contribution in [-0.4, -0.2) is 27.0 Å². The Morgan fingerprint density at radius 1 is 1.18 bits per heavy atom. The van der Waals surface area contributed by atoms with E-state index in [1.807, 2.05) is 47.8 Å². The van der Waals surface area contributed by atoms with Gasteiger partial charge < -0.3 is 4.57 Å². The van der Waals surface area contributed by atoms with Crippen LogP contribution in [-0.2, 0) is 16.8 Å². The summed E-state index contributed by atoms with van der Waals surface area (Å²) in [7, 11) is 0. The zero-order valence-corrected chi connectivity index (χ0v) is 21.5. The molecule has 0 radical (unpaired) electrons. The number of fused-ring (bicyclic) bond motifs is 1. The number of benzene rings is 2. The van der Waals surface area contributed by atoms with Crippen LogP contribution in [0.3, 0.4) is 0 Å². The summed E-state index contributed by atoms with van der Waals surface area (Å²) in [5.74, 6) is 0.156. The molecule has 5 nitrogen and oxygen atoms in total. The highest BCUT2D eigenvalue weighted by Crippen LogP contribution is 2.44. The van der Waals surface area contributed by atoms with Gasteiger partial charge in [0, 0.05) is 30.5 Å². The summed E-state index contributed by atoms with van der Waals surface area (Å²) in [4.78, 5) is 25.3. The molecule has 0 bridgehead atoms. The van der Waals surface area contributed by atoms with Gasteiger partial charge >= 0.3 is 0 Å². The van der Waals surface area contributed by atoms with Crippen molar-refractivity contribution in [2.75, 3.05) is 11.4 Å². The number of imidazole rings is 1. The first-order valence-electron chi connectivity index (χ1n) is 11.5. The molecule has 0 N–H and O–H groups in total. The standard InChI is InChI=1S/C26H27ClN4OS.ClH/c1-19-5-10-22-23(17-19)33-25(29-22)31(15-4-14-30-16-13-28-18-30)24(32)26(11-2-3-12-26)20-6-8-21(27)9-7-20;/h5-10,13,16-18H,2-4,11-12,14-15H2,1H3;1H. The lowest BCUT2D eigenvalue weighted by Gasteiger charge is -2.34. The number of aromatic nitrogens is 3. The predicted octanol–water partition coefficient (Wildman–Crippen LogP) is 6.81. The molecule has 2 heterocycles. The van der Waals surface area contributed by atoms with Crippen LogP contribution < -0.4 is 4.90 Å². The van der Waals surface area contributed by atoms with Crippen LogP contribution in [0.5, 0.6) is 0 Å². The molecule has 8 heteroatoms. The smallest absolute Gasteiger partial charge is 0.239 e. The van der Waals surface area contributed by atoms with Gasteiger partial charge in [-0.3, -0.25) is 9.69 Å². The first kappa shape index (κ1) is 24.7. The number of halogens is 2. The molecule has 1 saturated carbocycles. The van der Waals surface area contributed by atoms with Gasteiger partial charge in [-0.15, -0.1) is 12.4 Å². The quantitative estimate of drug-likeness (QED) is 0.272. The van der Waals surface area contributed by atoms with E-state index in [4.69, 9.17) is 16.6 Å². The Hall–Kier alpha value is -2.41. The fraction of sp³-hybridized carbons (Fsp3) is 0.346. The third kappa shape index (κ3) is 4.85. The van der Waals surface area contributed by atoms with Crippen molar-refractivity contribution < 1.29 is 4.79 Å². The van der Waals surface area contributed by atoms with Crippen LogP contribution in [0.25, 0.3) is 10.2 Å². The van der Waals surface area contributed by atoms with E-state index in [1.165, 1.54) is 5.56 Å². The summed E-state index contributed by atoms with van der Waals surface area (Å²) >= 11 is 7.77. The van der Waals surface area contributed by atoms with Crippen molar-refractivity contribution in [2.24, 2.45) is 0 Å². The Balaban J connectivity index is 0.00000274. The van der Waals surface area contributed by atoms with Gasteiger partial charge in [0.1, 0.15) is 0 Å². The Labute approximate surface area is 215 Å². The maximum Gasteiger partial charge on any atom is 0.239 e. The zero-order valence-electron chi connectivity index (χ0n) is 19.1. The highest BCUT2D eigenvalue weighted by molar-refractivity contribution is 7.22. The van der Waals surface area contributed by atoms with E-state index >= 15 is 0 Å². The Morgan fingerprint density at radius 3 is 2.65 bits per heavy atom. The van der Waals surface area contributed by atoms with Gasteiger partial charge in [-0.25, -0.2) is 9.97 Å². The maximum absolute atomic E-state index is 14.3. The average Bonchev–Trinajstić information content (AvgIpc) is 3.57. The second-order valence-corrected chi connectivity index (χ2v) is 10.3. The molecule has 1 amide bonds. The number of nitrogens with zero attached hydrogens (tertiary/aromatic N) is 4. The lowest BCUT2D eigenvalue weighted by molar-refractivity contribution is -0.124. The van der Waals surface area contributed by atoms with Gasteiger partial charge in [0.05, 0.1) is 22.0 Å². The van der Waals surface area contributed by atoms with Crippen LogP contribution in [0, 0.1) is 6.92 Å². The van der Waals surface area contributed by atoms with Gasteiger partial charge in [-0.2, -0.15) is 0 Å². The normalized spacial score (nSPS) is 14.8. The lowest BCUT2D eigenvalue weighted by atomic mass is 9.77. The van der Waals surface area contributed by atoms with Gasteiger partial charge in [-0.1, -0.05) is 54.0 Å². The predicted molar refractivity (Wildman–Crippen MR) is 142 cm³/mol. The molecular formula is C26H28Cl2N4OS. The Morgan fingerprint density at radius 2 is 1.94 bits per heavy atom. The molecule has 1 aliphatic carbocycles. The first-order valence-corrected chi connectivity index (χ1v) is 12.7. The van der Waals surface area contributed by atoms with E-state index in [-0.39, 0.29) is 18.3 Å². The highest BCUT2D eigenvalue weighted by Gasteiger charge is 2.45. The Bertz CT molecular complexity index is 1250. The third-order valence-electron chi connectivity index (χ3n) is 6.63. The molecule has 2 aromatic heterocycles. The van der Waals surface area contributed by atoms with Crippen molar-refractivity contribution >= 4 is 56.6 Å². The molecule has 34 heavy (non-hydrogen) atoms. The number of anilines is 1. The average molecular weight is 516 g/mol. The van der Waals surface area contributed by atoms with Crippen LogP contribution in [0.2, 0.25) is 5.02 Å². The zero-order chi connectivity index (χ0) is 22.8. The molecule has 1 fully saturated rings. The summed E-state index contributed by atoms with van der Waals surface area (Å²) in [6.07, 6.45) is 10.2. The molecule has 0 aliphatic heterocycles. The van der Waals surface area contributed by atoms with Crippen LogP contribution in [0.15, 0.2) is 61.2 Å². The summed E-state index contributed by atoms with van der Waals surface area (Å²) in [6.45, 7) is 3.51. The minimum absolute atomic E-state index is 0. The maximum atomic E-state index is 14.3. The largest absolute Gasteiger partial charge is 0.337 e. The molecular weight excluding hydrogens is 487 g/mol. The van der Waals surface area contributed by atoms with E-state index in [0.29, 0.717) is 11.6 Å². The van der Waals surface area contributed by atoms with Crippen molar-refractivity contribution in [1.82, 2.24) is 14.5 Å². The number of hydrogen-bond donors (Lipinski definition) is 0. The van der Waals surface area contributed by atoms with Gasteiger partial charge in [0.2, 0.25) is 5.91 Å². The number of thiazole rings is 1. The van der Waals surface area contributed by atoms with Crippen LogP contribution >= 0.6 is 35.3 Å². The van der Waals surface area contributed by atoms with E-state index in [9.17, 15) is 4.79 Å². The number of carbonyl (C=O) groups excluding carboxylic acids is 1. The molecule has 0 atom stereocenters. The number of aryl methyl sites for hydroxylation is 2. The molecule has 0 spiro atoms. The third-order valence-corrected chi connectivity index (χ3v) is 7.92. The summed E-state index contributed by atoms with van der Waals surface area (Å²) in [6, 6.07) is 14.1. The minimum Gasteiger partial charge on any atom is -0.337 e. The molecule has 1 aliphatic rings.